The van der Waals surface area contributed by atoms with Gasteiger partial charge in [0.2, 0.25) is 5.91 Å². The lowest BCUT2D eigenvalue weighted by molar-refractivity contribution is -0.130. The Morgan fingerprint density at radius 1 is 1.32 bits per heavy atom. The van der Waals surface area contributed by atoms with E-state index in [1.165, 1.54) is 0 Å². The number of anilines is 1. The number of carbonyl (C=O) groups excluding carboxylic acids is 1. The molecule has 0 aromatic heterocycles. The van der Waals surface area contributed by atoms with E-state index in [1.54, 1.807) is 7.11 Å². The number of hydrogen-bond acceptors (Lipinski definition) is 3. The molecule has 124 valence electrons. The molecule has 0 saturated carbocycles. The van der Waals surface area contributed by atoms with Crippen LogP contribution in [0.15, 0.2) is 16.6 Å². The molecule has 4 nitrogen and oxygen atoms in total. The zero-order valence-electron chi connectivity index (χ0n) is 13.3. The Morgan fingerprint density at radius 2 is 1.86 bits per heavy atom. The van der Waals surface area contributed by atoms with E-state index in [1.807, 2.05) is 26.0 Å². The van der Waals surface area contributed by atoms with Crippen molar-refractivity contribution >= 4 is 39.9 Å². The summed E-state index contributed by atoms with van der Waals surface area (Å²) in [6.45, 7) is 6.24. The zero-order chi connectivity index (χ0) is 15.5. The maximum atomic E-state index is 12.8. The van der Waals surface area contributed by atoms with Crippen molar-refractivity contribution in [1.82, 2.24) is 5.32 Å². The van der Waals surface area contributed by atoms with Gasteiger partial charge in [-0.05, 0) is 63.0 Å². The second-order valence-electron chi connectivity index (χ2n) is 5.84. The highest BCUT2D eigenvalue weighted by molar-refractivity contribution is 9.10. The van der Waals surface area contributed by atoms with Gasteiger partial charge in [-0.1, -0.05) is 15.9 Å². The molecule has 0 spiro atoms. The lowest BCUT2D eigenvalue weighted by Gasteiger charge is -2.35. The van der Waals surface area contributed by atoms with E-state index < -0.39 is 5.41 Å². The minimum atomic E-state index is -0.422. The first kappa shape index (κ1) is 19.4. The first-order valence-electron chi connectivity index (χ1n) is 7.26. The summed E-state index contributed by atoms with van der Waals surface area (Å²) in [5, 5.41) is 6.38. The highest BCUT2D eigenvalue weighted by Crippen LogP contribution is 2.32. The Morgan fingerprint density at radius 3 is 2.36 bits per heavy atom. The molecule has 0 radical (unpaired) electrons. The zero-order valence-corrected chi connectivity index (χ0v) is 15.7. The Balaban J connectivity index is 0.00000242. The number of piperidine rings is 1. The molecule has 1 aliphatic rings. The molecule has 0 unspecified atom stereocenters. The first-order valence-corrected chi connectivity index (χ1v) is 8.06. The molecular formula is C16H24BrClN2O2. The number of methoxy groups -OCH3 is 1. The van der Waals surface area contributed by atoms with E-state index in [9.17, 15) is 4.79 Å². The van der Waals surface area contributed by atoms with Crippen molar-refractivity contribution in [2.75, 3.05) is 32.1 Å². The molecule has 0 bridgehead atoms. The van der Waals surface area contributed by atoms with Crippen molar-refractivity contribution in [3.63, 3.8) is 0 Å². The standard InChI is InChI=1S/C16H23BrN2O2.ClH/c1-11-8-13(9-12(2)14(11)17)19-15(20)16(10-21-3)4-6-18-7-5-16;/h8-9,18H,4-7,10H2,1-3H3,(H,19,20);1H. The SMILES string of the molecule is COCC1(C(=O)Nc2cc(C)c(Br)c(C)c2)CCNCC1.Cl. The predicted molar refractivity (Wildman–Crippen MR) is 95.9 cm³/mol. The fourth-order valence-corrected chi connectivity index (χ4v) is 3.13. The molecule has 1 aliphatic heterocycles. The van der Waals surface area contributed by atoms with Crippen LogP contribution in [0.4, 0.5) is 5.69 Å². The topological polar surface area (TPSA) is 50.4 Å². The first-order chi connectivity index (χ1) is 9.98. The molecular weight excluding hydrogens is 368 g/mol. The minimum absolute atomic E-state index is 0. The number of hydrogen-bond donors (Lipinski definition) is 2. The van der Waals surface area contributed by atoms with Crippen LogP contribution < -0.4 is 10.6 Å². The number of amides is 1. The van der Waals surface area contributed by atoms with E-state index in [4.69, 9.17) is 4.74 Å². The van der Waals surface area contributed by atoms with E-state index in [0.29, 0.717) is 6.61 Å². The molecule has 1 amide bonds. The summed E-state index contributed by atoms with van der Waals surface area (Å²) in [5.74, 6) is 0.0620. The van der Waals surface area contributed by atoms with Gasteiger partial charge in [-0.25, -0.2) is 0 Å². The fraction of sp³-hybridized carbons (Fsp3) is 0.562. The second-order valence-corrected chi connectivity index (χ2v) is 6.63. The van der Waals surface area contributed by atoms with Gasteiger partial charge >= 0.3 is 0 Å². The van der Waals surface area contributed by atoms with Crippen LogP contribution in [-0.4, -0.2) is 32.7 Å². The number of aryl methyl sites for hydroxylation is 2. The van der Waals surface area contributed by atoms with Gasteiger partial charge in [-0.3, -0.25) is 4.79 Å². The summed E-state index contributed by atoms with van der Waals surface area (Å²) in [6, 6.07) is 3.99. The van der Waals surface area contributed by atoms with Crippen LogP contribution in [0.1, 0.15) is 24.0 Å². The average Bonchev–Trinajstić information content (AvgIpc) is 2.46. The van der Waals surface area contributed by atoms with Gasteiger partial charge in [0.1, 0.15) is 0 Å². The number of carbonyl (C=O) groups is 1. The summed E-state index contributed by atoms with van der Waals surface area (Å²) in [7, 11) is 1.66. The van der Waals surface area contributed by atoms with Crippen LogP contribution in [0.3, 0.4) is 0 Å². The molecule has 22 heavy (non-hydrogen) atoms. The van der Waals surface area contributed by atoms with E-state index in [-0.39, 0.29) is 18.3 Å². The van der Waals surface area contributed by atoms with Crippen LogP contribution in [0.5, 0.6) is 0 Å². The monoisotopic (exact) mass is 390 g/mol. The quantitative estimate of drug-likeness (QED) is 0.826. The molecule has 2 N–H and O–H groups in total. The van der Waals surface area contributed by atoms with Gasteiger partial charge < -0.3 is 15.4 Å². The van der Waals surface area contributed by atoms with Crippen molar-refractivity contribution in [2.24, 2.45) is 5.41 Å². The molecule has 6 heteroatoms. The van der Waals surface area contributed by atoms with Crippen molar-refractivity contribution in [3.8, 4) is 0 Å². The summed E-state index contributed by atoms with van der Waals surface area (Å²) in [5.41, 5.74) is 2.68. The van der Waals surface area contributed by atoms with Crippen LogP contribution in [0.2, 0.25) is 0 Å². The van der Waals surface area contributed by atoms with Crippen LogP contribution in [0.25, 0.3) is 0 Å². The minimum Gasteiger partial charge on any atom is -0.384 e. The van der Waals surface area contributed by atoms with Crippen molar-refractivity contribution < 1.29 is 9.53 Å². The predicted octanol–water partition coefficient (Wildman–Crippen LogP) is 3.44. The summed E-state index contributed by atoms with van der Waals surface area (Å²) < 4.78 is 6.41. The summed E-state index contributed by atoms with van der Waals surface area (Å²) in [4.78, 5) is 12.8. The van der Waals surface area contributed by atoms with Gasteiger partial charge in [-0.2, -0.15) is 0 Å². The van der Waals surface area contributed by atoms with Gasteiger partial charge in [0.25, 0.3) is 0 Å². The average molecular weight is 392 g/mol. The Bertz CT molecular complexity index is 502. The molecule has 1 saturated heterocycles. The van der Waals surface area contributed by atoms with Crippen molar-refractivity contribution in [2.45, 2.75) is 26.7 Å². The highest BCUT2D eigenvalue weighted by atomic mass is 79.9. The fourth-order valence-electron chi connectivity index (χ4n) is 2.90. The smallest absolute Gasteiger partial charge is 0.233 e. The van der Waals surface area contributed by atoms with Gasteiger partial charge in [0.15, 0.2) is 0 Å². The van der Waals surface area contributed by atoms with E-state index in [0.717, 1.165) is 47.2 Å². The lowest BCUT2D eigenvalue weighted by Crippen LogP contribution is -2.47. The van der Waals surface area contributed by atoms with Gasteiger partial charge in [0, 0.05) is 17.3 Å². The Labute approximate surface area is 146 Å². The third-order valence-electron chi connectivity index (χ3n) is 4.16. The Kier molecular flexibility index (Phi) is 7.32. The highest BCUT2D eigenvalue weighted by Gasteiger charge is 2.39. The van der Waals surface area contributed by atoms with Crippen molar-refractivity contribution in [3.05, 3.63) is 27.7 Å². The summed E-state index contributed by atoms with van der Waals surface area (Å²) in [6.07, 6.45) is 1.61. The summed E-state index contributed by atoms with van der Waals surface area (Å²) >= 11 is 3.55. The third kappa shape index (κ3) is 4.22. The molecule has 0 aliphatic carbocycles. The molecule has 1 fully saturated rings. The number of nitrogens with one attached hydrogen (secondary N) is 2. The van der Waals surface area contributed by atoms with E-state index >= 15 is 0 Å². The normalized spacial score (nSPS) is 16.7. The van der Waals surface area contributed by atoms with E-state index in [2.05, 4.69) is 26.6 Å². The number of halogens is 2. The molecule has 2 rings (SSSR count). The second kappa shape index (κ2) is 8.29. The molecule has 1 heterocycles. The lowest BCUT2D eigenvalue weighted by atomic mass is 9.78. The maximum Gasteiger partial charge on any atom is 0.233 e. The third-order valence-corrected chi connectivity index (χ3v) is 5.41. The van der Waals surface area contributed by atoms with Crippen LogP contribution >= 0.6 is 28.3 Å². The van der Waals surface area contributed by atoms with Gasteiger partial charge in [0.05, 0.1) is 12.0 Å². The number of benzene rings is 1. The molecule has 1 aromatic rings. The maximum absolute atomic E-state index is 12.8. The van der Waals surface area contributed by atoms with Crippen LogP contribution in [0, 0.1) is 19.3 Å². The van der Waals surface area contributed by atoms with Crippen LogP contribution in [-0.2, 0) is 9.53 Å². The number of rotatable bonds is 4. The largest absolute Gasteiger partial charge is 0.384 e. The molecule has 0 atom stereocenters. The van der Waals surface area contributed by atoms with Crippen molar-refractivity contribution in [1.29, 1.82) is 0 Å². The Hall–Kier alpha value is -0.620. The molecule has 1 aromatic carbocycles. The number of ether oxygens (including phenoxy) is 1. The van der Waals surface area contributed by atoms with Gasteiger partial charge in [-0.15, -0.1) is 12.4 Å².